The molecule has 1 N–H and O–H groups in total. The van der Waals surface area contributed by atoms with Crippen LogP contribution in [0.15, 0.2) is 79.5 Å². The number of hydrogen-bond donors (Lipinski definition) is 1. The average molecular weight is 633 g/mol. The van der Waals surface area contributed by atoms with Gasteiger partial charge in [0.05, 0.1) is 21.6 Å². The molecular formula is C26H21Br2ClN4O3. The van der Waals surface area contributed by atoms with Gasteiger partial charge in [0.15, 0.2) is 6.61 Å². The number of ether oxygens (including phenoxy) is 1. The number of halogens is 3. The lowest BCUT2D eigenvalue weighted by molar-refractivity contribution is -0.118. The number of nitrogens with zero attached hydrogens (tertiary/aromatic N) is 3. The first kappa shape index (κ1) is 26.1. The second-order valence-corrected chi connectivity index (χ2v) is 10.4. The van der Waals surface area contributed by atoms with E-state index in [1.54, 1.807) is 36.4 Å². The molecule has 4 aromatic rings. The third-order valence-corrected chi connectivity index (χ3v) is 6.40. The Balaban J connectivity index is 1.68. The quantitative estimate of drug-likeness (QED) is 0.233. The van der Waals surface area contributed by atoms with Crippen LogP contribution in [0.1, 0.15) is 31.2 Å². The van der Waals surface area contributed by atoms with Crippen LogP contribution in [-0.4, -0.2) is 28.4 Å². The summed E-state index contributed by atoms with van der Waals surface area (Å²) in [5.74, 6) is 0.485. The second-order valence-electron chi connectivity index (χ2n) is 8.16. The van der Waals surface area contributed by atoms with Gasteiger partial charge < -0.3 is 10.1 Å². The van der Waals surface area contributed by atoms with Crippen molar-refractivity contribution < 1.29 is 9.53 Å². The third-order valence-electron chi connectivity index (χ3n) is 5.10. The minimum absolute atomic E-state index is 0.0635. The fourth-order valence-corrected chi connectivity index (χ4v) is 4.77. The number of rotatable bonds is 7. The summed E-state index contributed by atoms with van der Waals surface area (Å²) in [5.41, 5.74) is 1.45. The maximum atomic E-state index is 13.3. The Morgan fingerprint density at radius 3 is 2.64 bits per heavy atom. The van der Waals surface area contributed by atoms with Crippen molar-refractivity contribution in [3.63, 3.8) is 0 Å². The number of benzene rings is 3. The minimum atomic E-state index is -0.325. The molecular weight excluding hydrogens is 612 g/mol. The Bertz CT molecular complexity index is 1520. The van der Waals surface area contributed by atoms with E-state index in [0.717, 1.165) is 4.47 Å². The fourth-order valence-electron chi connectivity index (χ4n) is 3.46. The normalized spacial score (nSPS) is 11.4. The molecule has 3 aromatic carbocycles. The highest BCUT2D eigenvalue weighted by Crippen LogP contribution is 2.32. The van der Waals surface area contributed by atoms with Gasteiger partial charge in [-0.15, -0.1) is 0 Å². The lowest BCUT2D eigenvalue weighted by Crippen LogP contribution is -2.23. The van der Waals surface area contributed by atoms with Gasteiger partial charge in [0.1, 0.15) is 11.6 Å². The molecule has 10 heteroatoms. The van der Waals surface area contributed by atoms with E-state index in [-0.39, 0.29) is 24.0 Å². The van der Waals surface area contributed by atoms with Gasteiger partial charge in [0, 0.05) is 26.7 Å². The molecule has 1 heterocycles. The zero-order valence-corrected chi connectivity index (χ0v) is 23.3. The van der Waals surface area contributed by atoms with Crippen molar-refractivity contribution in [2.24, 2.45) is 5.10 Å². The Hall–Kier alpha value is -3.01. The number of nitrogens with one attached hydrogen (secondary N) is 1. The molecule has 0 radical (unpaired) electrons. The van der Waals surface area contributed by atoms with Crippen molar-refractivity contribution in [2.75, 3.05) is 11.9 Å². The smallest absolute Gasteiger partial charge is 0.282 e. The Morgan fingerprint density at radius 2 is 1.92 bits per heavy atom. The van der Waals surface area contributed by atoms with Gasteiger partial charge in [-0.3, -0.25) is 9.59 Å². The summed E-state index contributed by atoms with van der Waals surface area (Å²) < 4.78 is 8.41. The van der Waals surface area contributed by atoms with E-state index < -0.39 is 0 Å². The predicted molar refractivity (Wildman–Crippen MR) is 151 cm³/mol. The van der Waals surface area contributed by atoms with Crippen LogP contribution in [0, 0.1) is 0 Å². The van der Waals surface area contributed by atoms with Crippen LogP contribution in [0.25, 0.3) is 10.9 Å². The summed E-state index contributed by atoms with van der Waals surface area (Å²) in [6.07, 6.45) is 1.47. The maximum absolute atomic E-state index is 13.3. The van der Waals surface area contributed by atoms with Crippen LogP contribution in [-0.2, 0) is 4.79 Å². The molecule has 0 spiro atoms. The molecule has 0 aliphatic carbocycles. The molecule has 0 saturated heterocycles. The number of hydrogen-bond acceptors (Lipinski definition) is 5. The SMILES string of the molecule is CC(C)c1nc2ccc(Br)cc2c(=O)n1N=Cc1cc(Cl)cc(Br)c1OCC(=O)Nc1ccccc1. The molecule has 0 saturated carbocycles. The minimum Gasteiger partial charge on any atom is -0.482 e. The van der Waals surface area contributed by atoms with Gasteiger partial charge in [-0.25, -0.2) is 4.98 Å². The van der Waals surface area contributed by atoms with E-state index in [1.165, 1.54) is 10.9 Å². The van der Waals surface area contributed by atoms with E-state index in [9.17, 15) is 9.59 Å². The van der Waals surface area contributed by atoms with Crippen molar-refractivity contribution in [3.05, 3.63) is 96.4 Å². The van der Waals surface area contributed by atoms with Crippen molar-refractivity contribution in [1.29, 1.82) is 0 Å². The Kier molecular flexibility index (Phi) is 8.23. The highest BCUT2D eigenvalue weighted by Gasteiger charge is 2.15. The van der Waals surface area contributed by atoms with Crippen LogP contribution >= 0.6 is 43.5 Å². The molecule has 1 aromatic heterocycles. The molecule has 7 nitrogen and oxygen atoms in total. The van der Waals surface area contributed by atoms with E-state index in [0.29, 0.717) is 43.2 Å². The summed E-state index contributed by atoms with van der Waals surface area (Å²) in [6.45, 7) is 3.64. The standard InChI is InChI=1S/C26H21Br2ClN4O3/c1-15(2)25-32-22-9-8-17(27)11-20(22)26(35)33(25)30-13-16-10-18(29)12-21(28)24(16)36-14-23(34)31-19-6-4-3-5-7-19/h3-13,15H,14H2,1-2H3,(H,31,34). The molecule has 0 aliphatic heterocycles. The fraction of sp³-hybridized carbons (Fsp3) is 0.154. The summed E-state index contributed by atoms with van der Waals surface area (Å²) in [7, 11) is 0. The molecule has 1 amide bonds. The number of carbonyl (C=O) groups is 1. The van der Waals surface area contributed by atoms with E-state index >= 15 is 0 Å². The molecule has 0 fully saturated rings. The largest absolute Gasteiger partial charge is 0.482 e. The zero-order chi connectivity index (χ0) is 25.8. The Morgan fingerprint density at radius 1 is 1.17 bits per heavy atom. The number of aromatic nitrogens is 2. The van der Waals surface area contributed by atoms with Gasteiger partial charge in [0.2, 0.25) is 0 Å². The molecule has 0 atom stereocenters. The van der Waals surface area contributed by atoms with Crippen LogP contribution < -0.4 is 15.6 Å². The molecule has 184 valence electrons. The summed E-state index contributed by atoms with van der Waals surface area (Å²) in [4.78, 5) is 30.4. The number of para-hydroxylation sites is 1. The third kappa shape index (κ3) is 6.03. The predicted octanol–water partition coefficient (Wildman–Crippen LogP) is 6.60. The van der Waals surface area contributed by atoms with Gasteiger partial charge in [-0.1, -0.05) is 59.6 Å². The number of fused-ring (bicyclic) bond motifs is 1. The van der Waals surface area contributed by atoms with Crippen LogP contribution in [0.2, 0.25) is 5.02 Å². The van der Waals surface area contributed by atoms with Crippen LogP contribution in [0.5, 0.6) is 5.75 Å². The highest BCUT2D eigenvalue weighted by molar-refractivity contribution is 9.10. The lowest BCUT2D eigenvalue weighted by Gasteiger charge is -2.14. The van der Waals surface area contributed by atoms with E-state index in [2.05, 4.69) is 47.3 Å². The van der Waals surface area contributed by atoms with Gasteiger partial charge in [-0.2, -0.15) is 9.78 Å². The van der Waals surface area contributed by atoms with Crippen molar-refractivity contribution >= 4 is 72.2 Å². The molecule has 36 heavy (non-hydrogen) atoms. The van der Waals surface area contributed by atoms with Crippen LogP contribution in [0.4, 0.5) is 5.69 Å². The van der Waals surface area contributed by atoms with Crippen molar-refractivity contribution in [3.8, 4) is 5.75 Å². The van der Waals surface area contributed by atoms with Gasteiger partial charge in [0.25, 0.3) is 11.5 Å². The number of anilines is 1. The monoisotopic (exact) mass is 630 g/mol. The number of amides is 1. The van der Waals surface area contributed by atoms with E-state index in [4.69, 9.17) is 16.3 Å². The topological polar surface area (TPSA) is 85.6 Å². The molecule has 0 bridgehead atoms. The first-order valence-corrected chi connectivity index (χ1v) is 12.9. The lowest BCUT2D eigenvalue weighted by atomic mass is 10.2. The first-order chi connectivity index (χ1) is 17.2. The van der Waals surface area contributed by atoms with Crippen molar-refractivity contribution in [2.45, 2.75) is 19.8 Å². The molecule has 4 rings (SSSR count). The van der Waals surface area contributed by atoms with Gasteiger partial charge >= 0.3 is 0 Å². The van der Waals surface area contributed by atoms with Crippen molar-refractivity contribution in [1.82, 2.24) is 9.66 Å². The van der Waals surface area contributed by atoms with Crippen LogP contribution in [0.3, 0.4) is 0 Å². The van der Waals surface area contributed by atoms with Gasteiger partial charge in [-0.05, 0) is 58.4 Å². The Labute approximate surface area is 229 Å². The second kappa shape index (κ2) is 11.4. The molecule has 0 aliphatic rings. The maximum Gasteiger partial charge on any atom is 0.282 e. The highest BCUT2D eigenvalue weighted by atomic mass is 79.9. The summed E-state index contributed by atoms with van der Waals surface area (Å²) >= 11 is 13.1. The number of carbonyl (C=O) groups excluding carboxylic acids is 1. The summed E-state index contributed by atoms with van der Waals surface area (Å²) in [6, 6.07) is 17.7. The zero-order valence-electron chi connectivity index (χ0n) is 19.3. The summed E-state index contributed by atoms with van der Waals surface area (Å²) in [5, 5.41) is 8.10. The average Bonchev–Trinajstić information content (AvgIpc) is 2.83. The molecule has 0 unspecified atom stereocenters. The first-order valence-electron chi connectivity index (χ1n) is 11.0. The van der Waals surface area contributed by atoms with E-state index in [1.807, 2.05) is 38.1 Å².